The van der Waals surface area contributed by atoms with Gasteiger partial charge in [-0.15, -0.1) is 0 Å². The summed E-state index contributed by atoms with van der Waals surface area (Å²) in [4.78, 5) is 16.2. The third-order valence-corrected chi connectivity index (χ3v) is 4.12. The molecule has 118 valence electrons. The van der Waals surface area contributed by atoms with Gasteiger partial charge in [0.15, 0.2) is 5.58 Å². The number of ether oxygens (including phenoxy) is 1. The van der Waals surface area contributed by atoms with Crippen molar-refractivity contribution in [3.8, 4) is 0 Å². The number of nitrogens with zero attached hydrogens (tertiary/aromatic N) is 3. The number of benzene rings is 1. The number of carbonyl (C=O) groups excluding carboxylic acids is 1. The van der Waals surface area contributed by atoms with Crippen molar-refractivity contribution in [1.82, 2.24) is 14.4 Å². The lowest BCUT2D eigenvalue weighted by Crippen LogP contribution is -2.49. The number of aromatic nitrogens is 1. The molecule has 0 aliphatic carbocycles. The van der Waals surface area contributed by atoms with Crippen molar-refractivity contribution in [2.24, 2.45) is 0 Å². The first kappa shape index (κ1) is 15.1. The van der Waals surface area contributed by atoms with Crippen molar-refractivity contribution >= 4 is 29.4 Å². The Morgan fingerprint density at radius 3 is 2.73 bits per heavy atom. The first-order valence-electron chi connectivity index (χ1n) is 7.41. The summed E-state index contributed by atoms with van der Waals surface area (Å²) in [6.45, 7) is 5.83. The van der Waals surface area contributed by atoms with E-state index in [4.69, 9.17) is 21.4 Å². The minimum absolute atomic E-state index is 0.229. The third-order valence-electron chi connectivity index (χ3n) is 3.81. The molecule has 0 atom stereocenters. The molecule has 0 spiro atoms. The molecule has 0 unspecified atom stereocenters. The van der Waals surface area contributed by atoms with Gasteiger partial charge >= 0.3 is 6.09 Å². The number of hydrogen-bond acceptors (Lipinski definition) is 5. The quantitative estimate of drug-likeness (QED) is 0.814. The fraction of sp³-hybridized carbons (Fsp3) is 0.467. The number of amides is 1. The number of carbonyl (C=O) groups is 1. The minimum Gasteiger partial charge on any atom is -0.450 e. The summed E-state index contributed by atoms with van der Waals surface area (Å²) in [6, 6.07) is 7.83. The first-order valence-corrected chi connectivity index (χ1v) is 7.82. The van der Waals surface area contributed by atoms with E-state index in [0.717, 1.165) is 24.2 Å². The van der Waals surface area contributed by atoms with E-state index in [1.165, 1.54) is 0 Å². The van der Waals surface area contributed by atoms with E-state index >= 15 is 0 Å². The maximum atomic E-state index is 11.7. The zero-order valence-corrected chi connectivity index (χ0v) is 13.3. The van der Waals surface area contributed by atoms with Crippen molar-refractivity contribution in [1.29, 1.82) is 0 Å². The van der Waals surface area contributed by atoms with Gasteiger partial charge in [0.25, 0.3) is 4.84 Å². The molecule has 1 aromatic heterocycles. The normalized spacial score (nSPS) is 16.1. The molecule has 1 amide bonds. The highest BCUT2D eigenvalue weighted by Crippen LogP contribution is 2.18. The van der Waals surface area contributed by atoms with Gasteiger partial charge in [-0.2, -0.15) is 0 Å². The van der Waals surface area contributed by atoms with Crippen LogP contribution in [0.5, 0.6) is 0 Å². The zero-order valence-electron chi connectivity index (χ0n) is 12.5. The summed E-state index contributed by atoms with van der Waals surface area (Å²) >= 11 is 5.31. The van der Waals surface area contributed by atoms with Crippen LogP contribution in [0.2, 0.25) is 0 Å². The van der Waals surface area contributed by atoms with Gasteiger partial charge in [-0.05, 0) is 31.3 Å². The average Bonchev–Trinajstić information content (AvgIpc) is 2.84. The van der Waals surface area contributed by atoms with Gasteiger partial charge in [-0.25, -0.2) is 4.79 Å². The van der Waals surface area contributed by atoms with Crippen LogP contribution in [-0.2, 0) is 11.4 Å². The Balaban J connectivity index is 1.66. The van der Waals surface area contributed by atoms with E-state index in [1.54, 1.807) is 4.90 Å². The van der Waals surface area contributed by atoms with Gasteiger partial charge < -0.3 is 14.1 Å². The van der Waals surface area contributed by atoms with Gasteiger partial charge in [0, 0.05) is 26.2 Å². The largest absolute Gasteiger partial charge is 0.450 e. The van der Waals surface area contributed by atoms with Crippen molar-refractivity contribution in [3.63, 3.8) is 0 Å². The standard InChI is InChI=1S/C15H19N3O3S/c1-2-20-14(19)17-9-7-16(8-10-17)11-18-12-5-3-4-6-13(12)21-15(18)22/h3-6H,2,7-11H2,1H3. The maximum Gasteiger partial charge on any atom is 0.409 e. The second-order valence-corrected chi connectivity index (χ2v) is 5.56. The molecule has 3 rings (SSSR count). The van der Waals surface area contributed by atoms with Crippen molar-refractivity contribution in [2.75, 3.05) is 32.8 Å². The molecule has 0 N–H and O–H groups in total. The number of hydrogen-bond donors (Lipinski definition) is 0. The SMILES string of the molecule is CCOC(=O)N1CCN(Cn2c(=S)oc3ccccc32)CC1. The van der Waals surface area contributed by atoms with Crippen LogP contribution < -0.4 is 0 Å². The summed E-state index contributed by atoms with van der Waals surface area (Å²) in [5.41, 5.74) is 1.80. The number of oxazole rings is 1. The van der Waals surface area contributed by atoms with E-state index in [9.17, 15) is 4.79 Å². The third kappa shape index (κ3) is 3.00. The smallest absolute Gasteiger partial charge is 0.409 e. The summed E-state index contributed by atoms with van der Waals surface area (Å²) < 4.78 is 12.6. The second kappa shape index (κ2) is 6.50. The molecule has 1 aliphatic heterocycles. The summed E-state index contributed by atoms with van der Waals surface area (Å²) in [5, 5.41) is 0. The molecule has 7 heteroatoms. The molecule has 2 aromatic rings. The van der Waals surface area contributed by atoms with Gasteiger partial charge in [-0.3, -0.25) is 9.47 Å². The fourth-order valence-corrected chi connectivity index (χ4v) is 2.88. The van der Waals surface area contributed by atoms with E-state index in [2.05, 4.69) is 4.90 Å². The molecule has 1 fully saturated rings. The minimum atomic E-state index is -0.229. The van der Waals surface area contributed by atoms with Crippen LogP contribution in [0.25, 0.3) is 11.1 Å². The Hall–Kier alpha value is -1.86. The molecular formula is C15H19N3O3S. The van der Waals surface area contributed by atoms with Crippen LogP contribution in [0.15, 0.2) is 28.7 Å². The molecule has 6 nitrogen and oxygen atoms in total. The topological polar surface area (TPSA) is 50.9 Å². The fourth-order valence-electron chi connectivity index (χ4n) is 2.63. The molecule has 1 aromatic carbocycles. The summed E-state index contributed by atoms with van der Waals surface area (Å²) in [7, 11) is 0. The maximum absolute atomic E-state index is 11.7. The molecular weight excluding hydrogens is 302 g/mol. The Morgan fingerprint density at radius 1 is 1.27 bits per heavy atom. The Morgan fingerprint density at radius 2 is 2.00 bits per heavy atom. The summed E-state index contributed by atoms with van der Waals surface area (Å²) in [5.74, 6) is 0. The molecule has 0 saturated carbocycles. The number of piperazine rings is 1. The number of rotatable bonds is 3. The summed E-state index contributed by atoms with van der Waals surface area (Å²) in [6.07, 6.45) is -0.229. The molecule has 1 saturated heterocycles. The Labute approximate surface area is 133 Å². The highest BCUT2D eigenvalue weighted by Gasteiger charge is 2.22. The van der Waals surface area contributed by atoms with Crippen LogP contribution in [0, 0.1) is 4.84 Å². The van der Waals surface area contributed by atoms with Crippen LogP contribution in [0.3, 0.4) is 0 Å². The lowest BCUT2D eigenvalue weighted by molar-refractivity contribution is 0.0709. The Kier molecular flexibility index (Phi) is 4.44. The molecule has 0 radical (unpaired) electrons. The predicted octanol–water partition coefficient (Wildman–Crippen LogP) is 2.70. The predicted molar refractivity (Wildman–Crippen MR) is 85.2 cm³/mol. The lowest BCUT2D eigenvalue weighted by atomic mass is 10.3. The van der Waals surface area contributed by atoms with E-state index in [0.29, 0.717) is 31.2 Å². The van der Waals surface area contributed by atoms with Crippen molar-refractivity contribution in [2.45, 2.75) is 13.6 Å². The number of fused-ring (bicyclic) bond motifs is 1. The van der Waals surface area contributed by atoms with Crippen LogP contribution in [-0.4, -0.2) is 53.2 Å². The molecule has 2 heterocycles. The van der Waals surface area contributed by atoms with Crippen LogP contribution in [0.4, 0.5) is 4.79 Å². The van der Waals surface area contributed by atoms with E-state index in [1.807, 2.05) is 35.8 Å². The first-order chi connectivity index (χ1) is 10.7. The highest BCUT2D eigenvalue weighted by atomic mass is 32.1. The monoisotopic (exact) mass is 321 g/mol. The highest BCUT2D eigenvalue weighted by molar-refractivity contribution is 7.71. The molecule has 0 bridgehead atoms. The van der Waals surface area contributed by atoms with Gasteiger partial charge in [0.2, 0.25) is 0 Å². The van der Waals surface area contributed by atoms with Crippen LogP contribution >= 0.6 is 12.2 Å². The average molecular weight is 321 g/mol. The Bertz CT molecular complexity index is 716. The van der Waals surface area contributed by atoms with Gasteiger partial charge in [0.1, 0.15) is 0 Å². The van der Waals surface area contributed by atoms with E-state index in [-0.39, 0.29) is 6.09 Å². The van der Waals surface area contributed by atoms with Gasteiger partial charge in [0.05, 0.1) is 18.8 Å². The second-order valence-electron chi connectivity index (χ2n) is 5.21. The molecule has 1 aliphatic rings. The molecule has 22 heavy (non-hydrogen) atoms. The van der Waals surface area contributed by atoms with Gasteiger partial charge in [-0.1, -0.05) is 12.1 Å². The lowest BCUT2D eigenvalue weighted by Gasteiger charge is -2.34. The number of para-hydroxylation sites is 2. The van der Waals surface area contributed by atoms with E-state index < -0.39 is 0 Å². The van der Waals surface area contributed by atoms with Crippen molar-refractivity contribution < 1.29 is 13.9 Å². The zero-order chi connectivity index (χ0) is 15.5. The van der Waals surface area contributed by atoms with Crippen LogP contribution in [0.1, 0.15) is 6.92 Å². The van der Waals surface area contributed by atoms with Crippen molar-refractivity contribution in [3.05, 3.63) is 29.1 Å².